The molecule has 0 atom stereocenters. The second-order valence-electron chi connectivity index (χ2n) is 31.8. The topological polar surface area (TPSA) is 58.4 Å². The monoisotopic (exact) mass is 1580 g/mol. The van der Waals surface area contributed by atoms with Crippen LogP contribution in [0.3, 0.4) is 0 Å². The Morgan fingerprint density at radius 3 is 0.710 bits per heavy atom. The third kappa shape index (κ3) is 13.2. The van der Waals surface area contributed by atoms with Crippen LogP contribution in [-0.4, -0.2) is 33.2 Å². The van der Waals surface area contributed by atoms with Crippen molar-refractivity contribution in [2.24, 2.45) is 0 Å². The molecule has 6 heterocycles. The highest BCUT2D eigenvalue weighted by Gasteiger charge is 2.22. The smallest absolute Gasteiger partial charge is 0.160 e. The molecule has 0 radical (unpaired) electrons. The summed E-state index contributed by atoms with van der Waals surface area (Å²) in [5.41, 5.74) is 34.7. The van der Waals surface area contributed by atoms with E-state index in [0.29, 0.717) is 5.82 Å². The highest BCUT2D eigenvalue weighted by Crippen LogP contribution is 2.44. The maximum absolute atomic E-state index is 5.25. The fourth-order valence-electron chi connectivity index (χ4n) is 18.5. The van der Waals surface area contributed by atoms with Crippen LogP contribution >= 0.6 is 0 Å². The molecule has 124 heavy (non-hydrogen) atoms. The van der Waals surface area contributed by atoms with Gasteiger partial charge >= 0.3 is 0 Å². The molecule has 0 saturated carbocycles. The fourth-order valence-corrected chi connectivity index (χ4v) is 18.5. The van der Waals surface area contributed by atoms with Gasteiger partial charge in [-0.3, -0.25) is 0 Å². The molecule has 18 aromatic carbocycles. The summed E-state index contributed by atoms with van der Waals surface area (Å²) in [6.07, 6.45) is 0. The van der Waals surface area contributed by atoms with Gasteiger partial charge in [0.1, 0.15) is 0 Å². The predicted molar refractivity (Wildman–Crippen MR) is 518 cm³/mol. The Morgan fingerprint density at radius 2 is 0.363 bits per heavy atom. The lowest BCUT2D eigenvalue weighted by Gasteiger charge is -2.13. The number of aromatic nitrogens is 7. The third-order valence-corrected chi connectivity index (χ3v) is 24.5. The Morgan fingerprint density at radius 1 is 0.121 bits per heavy atom. The van der Waals surface area contributed by atoms with Crippen molar-refractivity contribution in [1.82, 2.24) is 33.2 Å². The van der Waals surface area contributed by atoms with Gasteiger partial charge in [-0.2, -0.15) is 0 Å². The molecule has 6 aromatic heterocycles. The first-order valence-electron chi connectivity index (χ1n) is 42.3. The molecule has 0 aliphatic heterocycles. The van der Waals surface area contributed by atoms with Crippen molar-refractivity contribution in [1.29, 1.82) is 0 Å². The minimum absolute atomic E-state index is 0.691. The predicted octanol–water partition coefficient (Wildman–Crippen LogP) is 30.6. The van der Waals surface area contributed by atoms with E-state index < -0.39 is 0 Å². The first-order chi connectivity index (χ1) is 61.5. The van der Waals surface area contributed by atoms with E-state index in [1.807, 2.05) is 12.1 Å². The lowest BCUT2D eigenvalue weighted by atomic mass is 10.00. The zero-order valence-corrected chi connectivity index (χ0v) is 67.6. The van der Waals surface area contributed by atoms with E-state index in [2.05, 4.69) is 473 Å². The number of rotatable bonds is 14. The van der Waals surface area contributed by atoms with E-state index in [1.165, 1.54) is 126 Å². The van der Waals surface area contributed by atoms with Crippen molar-refractivity contribution >= 4 is 87.2 Å². The van der Waals surface area contributed by atoms with Crippen LogP contribution in [-0.2, 0) is 0 Å². The van der Waals surface area contributed by atoms with E-state index in [0.717, 1.165) is 89.9 Å². The second kappa shape index (κ2) is 31.0. The number of nitrogens with zero attached hydrogens (tertiary/aromatic N) is 7. The van der Waals surface area contributed by atoms with Crippen molar-refractivity contribution in [3.05, 3.63) is 467 Å². The van der Waals surface area contributed by atoms with Gasteiger partial charge in [0.15, 0.2) is 5.82 Å². The van der Waals surface area contributed by atoms with E-state index >= 15 is 0 Å². The summed E-state index contributed by atoms with van der Waals surface area (Å²) >= 11 is 0. The molecule has 24 aromatic rings. The minimum Gasteiger partial charge on any atom is -0.309 e. The standard InChI is InChI=1S/C59H39N3.C58H38N4/c1-4-15-40(16-5-1)42-27-31-48(32-28-42)61-56-25-12-10-23-50(56)52-36-44(29-33-58(52)61)45-30-34-59-53(37-45)51-24-11-13-26-57(51)62(59)49-22-14-21-46(35-49)55-39-47(41-17-6-2-7-18-41)38-54(60-55)43-19-8-3-9-20-43;1-4-15-39(16-5-1)40-27-31-46(32-28-40)61-54-25-12-10-23-48(54)50-36-43(29-33-56(50)61)44-30-34-57-51(37-44)49-24-11-13-26-55(49)62(57)47-22-14-21-45(35-47)58-59-52(41-17-6-2-7-18-41)38-53(60-58)42-19-8-3-9-20-42/h1-39H;1-38H. The van der Waals surface area contributed by atoms with E-state index in [4.69, 9.17) is 15.0 Å². The quantitative estimate of drug-likeness (QED) is 0.109. The lowest BCUT2D eigenvalue weighted by molar-refractivity contribution is 1.16. The Bertz CT molecular complexity index is 7570. The molecule has 0 spiro atoms. The highest BCUT2D eigenvalue weighted by atomic mass is 15.0. The summed E-state index contributed by atoms with van der Waals surface area (Å²) in [4.78, 5) is 15.5. The van der Waals surface area contributed by atoms with Gasteiger partial charge in [0.05, 0.1) is 66.9 Å². The van der Waals surface area contributed by atoms with Gasteiger partial charge in [0, 0.05) is 93.7 Å². The minimum atomic E-state index is 0.691. The molecule has 0 fully saturated rings. The molecule has 0 amide bonds. The van der Waals surface area contributed by atoms with Crippen LogP contribution in [0.4, 0.5) is 0 Å². The summed E-state index contributed by atoms with van der Waals surface area (Å²) in [5.74, 6) is 0.691. The first kappa shape index (κ1) is 72.6. The maximum atomic E-state index is 5.25. The van der Waals surface area contributed by atoms with Crippen molar-refractivity contribution in [3.63, 3.8) is 0 Å². The molecule has 0 aliphatic carbocycles. The third-order valence-electron chi connectivity index (χ3n) is 24.5. The van der Waals surface area contributed by atoms with Gasteiger partial charge in [0.25, 0.3) is 0 Å². The van der Waals surface area contributed by atoms with Crippen LogP contribution < -0.4 is 0 Å². The van der Waals surface area contributed by atoms with Gasteiger partial charge in [0.2, 0.25) is 0 Å². The van der Waals surface area contributed by atoms with Crippen molar-refractivity contribution in [3.8, 4) is 135 Å². The molecule has 0 saturated heterocycles. The van der Waals surface area contributed by atoms with Crippen LogP contribution in [0.25, 0.3) is 222 Å². The molecule has 580 valence electrons. The zero-order valence-electron chi connectivity index (χ0n) is 67.6. The van der Waals surface area contributed by atoms with Gasteiger partial charge in [-0.05, 0) is 195 Å². The second-order valence-corrected chi connectivity index (χ2v) is 31.8. The van der Waals surface area contributed by atoms with Crippen molar-refractivity contribution < 1.29 is 0 Å². The Balaban J connectivity index is 0.000000143. The van der Waals surface area contributed by atoms with Gasteiger partial charge in [-0.15, -0.1) is 0 Å². The molecular weight excluding hydrogens is 1500 g/mol. The van der Waals surface area contributed by atoms with E-state index in [1.54, 1.807) is 0 Å². The normalized spacial score (nSPS) is 11.5. The summed E-state index contributed by atoms with van der Waals surface area (Å²) in [6, 6.07) is 167. The SMILES string of the molecule is c1ccc(-c2ccc(-n3c4ccccc4c4cc(-c5ccc6c(c5)c5ccccc5n6-c5cccc(-c6cc(-c7ccccc7)cc(-c7ccccc7)n6)c5)ccc43)cc2)cc1.c1ccc(-c2ccc(-n3c4ccccc4c4cc(-c5ccc6c(c5)c5ccccc5n6-c5cccc(-c6nc(-c7ccccc7)cc(-c7ccccc7)n6)c5)ccc43)cc2)cc1. The largest absolute Gasteiger partial charge is 0.309 e. The van der Waals surface area contributed by atoms with Crippen LogP contribution in [0.15, 0.2) is 467 Å². The summed E-state index contributed by atoms with van der Waals surface area (Å²) in [7, 11) is 0. The summed E-state index contributed by atoms with van der Waals surface area (Å²) in [5, 5.41) is 9.82. The van der Waals surface area contributed by atoms with Gasteiger partial charge < -0.3 is 18.3 Å². The molecule has 24 rings (SSSR count). The molecule has 0 unspecified atom stereocenters. The van der Waals surface area contributed by atoms with Crippen molar-refractivity contribution in [2.75, 3.05) is 0 Å². The van der Waals surface area contributed by atoms with Crippen molar-refractivity contribution in [2.45, 2.75) is 0 Å². The van der Waals surface area contributed by atoms with E-state index in [-0.39, 0.29) is 0 Å². The number of hydrogen-bond donors (Lipinski definition) is 0. The fraction of sp³-hybridized carbons (Fsp3) is 0. The maximum Gasteiger partial charge on any atom is 0.160 e. The Labute approximate surface area is 717 Å². The number of benzene rings is 18. The number of pyridine rings is 1. The number of hydrogen-bond acceptors (Lipinski definition) is 3. The first-order valence-corrected chi connectivity index (χ1v) is 42.3. The molecule has 0 bridgehead atoms. The Hall–Kier alpha value is -16.6. The molecular formula is C117H77N7. The van der Waals surface area contributed by atoms with Crippen LogP contribution in [0.2, 0.25) is 0 Å². The average molecular weight is 1580 g/mol. The number of fused-ring (bicyclic) bond motifs is 12. The zero-order chi connectivity index (χ0) is 82.0. The average Bonchev–Trinajstić information content (AvgIpc) is 1.59. The molecule has 0 aliphatic rings. The molecule has 7 nitrogen and oxygen atoms in total. The highest BCUT2D eigenvalue weighted by molar-refractivity contribution is 6.15. The Kier molecular flexibility index (Phi) is 18.1. The van der Waals surface area contributed by atoms with Gasteiger partial charge in [-0.25, -0.2) is 15.0 Å². The molecule has 7 heteroatoms. The van der Waals surface area contributed by atoms with Crippen LogP contribution in [0, 0.1) is 0 Å². The van der Waals surface area contributed by atoms with Gasteiger partial charge in [-0.1, -0.05) is 328 Å². The van der Waals surface area contributed by atoms with E-state index in [9.17, 15) is 0 Å². The summed E-state index contributed by atoms with van der Waals surface area (Å²) in [6.45, 7) is 0. The summed E-state index contributed by atoms with van der Waals surface area (Å²) < 4.78 is 9.55. The lowest BCUT2D eigenvalue weighted by Crippen LogP contribution is -1.98. The van der Waals surface area contributed by atoms with Crippen LogP contribution in [0.1, 0.15) is 0 Å². The molecule has 0 N–H and O–H groups in total. The van der Waals surface area contributed by atoms with Crippen LogP contribution in [0.5, 0.6) is 0 Å². The number of para-hydroxylation sites is 4.